The quantitative estimate of drug-likeness (QED) is 0.843. The van der Waals surface area contributed by atoms with E-state index in [0.29, 0.717) is 16.8 Å². The topological polar surface area (TPSA) is 72.9 Å². The van der Waals surface area contributed by atoms with Crippen molar-refractivity contribution < 1.29 is 4.79 Å². The van der Waals surface area contributed by atoms with Crippen LogP contribution in [-0.4, -0.2) is 22.2 Å². The van der Waals surface area contributed by atoms with Gasteiger partial charge in [0, 0.05) is 18.3 Å². The number of carbonyl (C=O) groups is 1. The van der Waals surface area contributed by atoms with Crippen molar-refractivity contribution in [2.24, 2.45) is 5.73 Å². The van der Waals surface area contributed by atoms with Gasteiger partial charge in [0.2, 0.25) is 0 Å². The fourth-order valence-corrected chi connectivity index (χ4v) is 1.90. The summed E-state index contributed by atoms with van der Waals surface area (Å²) in [5, 5.41) is 6.96. The van der Waals surface area contributed by atoms with Gasteiger partial charge in [0.1, 0.15) is 0 Å². The molecule has 0 aliphatic rings. The van der Waals surface area contributed by atoms with Crippen molar-refractivity contribution in [1.82, 2.24) is 9.78 Å². The third-order valence-corrected chi connectivity index (χ3v) is 2.96. The minimum absolute atomic E-state index is 0.198. The SMILES string of the molecule is CCn1cc(NC(=O)c2cc(C)ccc2C#CCN)cn1. The van der Waals surface area contributed by atoms with Gasteiger partial charge in [0.15, 0.2) is 0 Å². The zero-order valence-corrected chi connectivity index (χ0v) is 12.2. The maximum atomic E-state index is 12.4. The number of nitrogens with one attached hydrogen (secondary N) is 1. The van der Waals surface area contributed by atoms with Crippen LogP contribution in [0.5, 0.6) is 0 Å². The molecule has 1 aromatic carbocycles. The van der Waals surface area contributed by atoms with E-state index in [1.165, 1.54) is 0 Å². The molecule has 1 amide bonds. The zero-order chi connectivity index (χ0) is 15.2. The molecule has 0 aliphatic carbocycles. The Morgan fingerprint density at radius 1 is 1.48 bits per heavy atom. The smallest absolute Gasteiger partial charge is 0.257 e. The Bertz CT molecular complexity index is 707. The molecular formula is C16H18N4O. The first kappa shape index (κ1) is 14.8. The van der Waals surface area contributed by atoms with Crippen LogP contribution >= 0.6 is 0 Å². The fraction of sp³-hybridized carbons (Fsp3) is 0.250. The first-order valence-electron chi connectivity index (χ1n) is 6.77. The average Bonchev–Trinajstić information content (AvgIpc) is 2.93. The summed E-state index contributed by atoms with van der Waals surface area (Å²) in [4.78, 5) is 12.4. The van der Waals surface area contributed by atoms with E-state index in [1.54, 1.807) is 17.1 Å². The number of amides is 1. The van der Waals surface area contributed by atoms with Crippen LogP contribution in [0.3, 0.4) is 0 Å². The molecule has 0 unspecified atom stereocenters. The van der Waals surface area contributed by atoms with E-state index in [2.05, 4.69) is 22.3 Å². The maximum absolute atomic E-state index is 12.4. The third kappa shape index (κ3) is 3.71. The van der Waals surface area contributed by atoms with E-state index in [1.807, 2.05) is 32.0 Å². The number of nitrogens with two attached hydrogens (primary N) is 1. The third-order valence-electron chi connectivity index (χ3n) is 2.96. The van der Waals surface area contributed by atoms with E-state index in [4.69, 9.17) is 5.73 Å². The molecule has 5 heteroatoms. The normalized spacial score (nSPS) is 9.86. The monoisotopic (exact) mass is 282 g/mol. The first-order chi connectivity index (χ1) is 10.1. The van der Waals surface area contributed by atoms with Crippen LogP contribution in [0.4, 0.5) is 5.69 Å². The molecule has 21 heavy (non-hydrogen) atoms. The molecule has 0 bridgehead atoms. The highest BCUT2D eigenvalue weighted by molar-refractivity contribution is 6.06. The Labute approximate surface area is 124 Å². The number of rotatable bonds is 3. The lowest BCUT2D eigenvalue weighted by molar-refractivity contribution is 0.102. The molecule has 0 atom stereocenters. The lowest BCUT2D eigenvalue weighted by Crippen LogP contribution is -2.13. The van der Waals surface area contributed by atoms with Gasteiger partial charge in [-0.25, -0.2) is 0 Å². The molecule has 3 N–H and O–H groups in total. The lowest BCUT2D eigenvalue weighted by atomic mass is 10.0. The molecule has 1 heterocycles. The van der Waals surface area contributed by atoms with Gasteiger partial charge in [-0.3, -0.25) is 9.48 Å². The predicted octanol–water partition coefficient (Wildman–Crippen LogP) is 1.77. The van der Waals surface area contributed by atoms with E-state index in [9.17, 15) is 4.79 Å². The average molecular weight is 282 g/mol. The Morgan fingerprint density at radius 3 is 2.95 bits per heavy atom. The van der Waals surface area contributed by atoms with Crippen molar-refractivity contribution >= 4 is 11.6 Å². The van der Waals surface area contributed by atoms with E-state index in [0.717, 1.165) is 12.1 Å². The molecule has 108 valence electrons. The fourth-order valence-electron chi connectivity index (χ4n) is 1.90. The van der Waals surface area contributed by atoms with Crippen LogP contribution in [0.2, 0.25) is 0 Å². The van der Waals surface area contributed by atoms with Crippen molar-refractivity contribution in [3.05, 3.63) is 47.3 Å². The van der Waals surface area contributed by atoms with Crippen molar-refractivity contribution in [3.8, 4) is 11.8 Å². The second kappa shape index (κ2) is 6.73. The summed E-state index contributed by atoms with van der Waals surface area (Å²) in [5.41, 5.74) is 8.27. The summed E-state index contributed by atoms with van der Waals surface area (Å²) in [7, 11) is 0. The van der Waals surface area contributed by atoms with Gasteiger partial charge in [-0.1, -0.05) is 23.5 Å². The molecule has 1 aromatic heterocycles. The van der Waals surface area contributed by atoms with Gasteiger partial charge in [-0.15, -0.1) is 0 Å². The molecule has 0 radical (unpaired) electrons. The predicted molar refractivity (Wildman–Crippen MR) is 83.0 cm³/mol. The minimum Gasteiger partial charge on any atom is -0.320 e. The molecule has 0 saturated heterocycles. The second-order valence-electron chi connectivity index (χ2n) is 4.59. The van der Waals surface area contributed by atoms with Gasteiger partial charge < -0.3 is 11.1 Å². The molecule has 0 aliphatic heterocycles. The number of benzene rings is 1. The molecule has 0 fully saturated rings. The second-order valence-corrected chi connectivity index (χ2v) is 4.59. The standard InChI is InChI=1S/C16H18N4O/c1-3-20-11-14(10-18-20)19-16(21)15-9-12(2)6-7-13(15)5-4-8-17/h6-7,9-11H,3,8,17H2,1-2H3,(H,19,21). The van der Waals surface area contributed by atoms with Gasteiger partial charge in [-0.05, 0) is 26.0 Å². The molecule has 0 spiro atoms. The van der Waals surface area contributed by atoms with Crippen LogP contribution in [-0.2, 0) is 6.54 Å². The van der Waals surface area contributed by atoms with Gasteiger partial charge in [0.05, 0.1) is 24.0 Å². The summed E-state index contributed by atoms with van der Waals surface area (Å²) in [6, 6.07) is 5.58. The first-order valence-corrected chi connectivity index (χ1v) is 6.77. The van der Waals surface area contributed by atoms with Crippen LogP contribution in [0.15, 0.2) is 30.6 Å². The van der Waals surface area contributed by atoms with Gasteiger partial charge >= 0.3 is 0 Å². The number of aryl methyl sites for hydroxylation is 2. The number of hydrogen-bond donors (Lipinski definition) is 2. The summed E-state index contributed by atoms with van der Waals surface area (Å²) >= 11 is 0. The highest BCUT2D eigenvalue weighted by Crippen LogP contribution is 2.14. The highest BCUT2D eigenvalue weighted by atomic mass is 16.1. The Kier molecular flexibility index (Phi) is 4.75. The van der Waals surface area contributed by atoms with Crippen LogP contribution < -0.4 is 11.1 Å². The number of hydrogen-bond acceptors (Lipinski definition) is 3. The largest absolute Gasteiger partial charge is 0.320 e. The van der Waals surface area contributed by atoms with Crippen LogP contribution in [0.25, 0.3) is 0 Å². The van der Waals surface area contributed by atoms with Crippen molar-refractivity contribution in [2.45, 2.75) is 20.4 Å². The van der Waals surface area contributed by atoms with E-state index >= 15 is 0 Å². The number of nitrogens with zero attached hydrogens (tertiary/aromatic N) is 2. The molecular weight excluding hydrogens is 264 g/mol. The summed E-state index contributed by atoms with van der Waals surface area (Å²) < 4.78 is 1.75. The number of carbonyl (C=O) groups excluding carboxylic acids is 1. The molecule has 0 saturated carbocycles. The number of anilines is 1. The van der Waals surface area contributed by atoms with E-state index < -0.39 is 0 Å². The van der Waals surface area contributed by atoms with Gasteiger partial charge in [-0.2, -0.15) is 5.10 Å². The Balaban J connectivity index is 2.27. The molecule has 2 rings (SSSR count). The summed E-state index contributed by atoms with van der Waals surface area (Å²) in [5.74, 6) is 5.51. The Hall–Kier alpha value is -2.58. The zero-order valence-electron chi connectivity index (χ0n) is 12.2. The van der Waals surface area contributed by atoms with Crippen molar-refractivity contribution in [1.29, 1.82) is 0 Å². The molecule has 5 nitrogen and oxygen atoms in total. The molecule has 2 aromatic rings. The summed E-state index contributed by atoms with van der Waals surface area (Å²) in [6.07, 6.45) is 3.42. The van der Waals surface area contributed by atoms with Crippen molar-refractivity contribution in [2.75, 3.05) is 11.9 Å². The van der Waals surface area contributed by atoms with Crippen molar-refractivity contribution in [3.63, 3.8) is 0 Å². The van der Waals surface area contributed by atoms with Crippen LogP contribution in [0, 0.1) is 18.8 Å². The maximum Gasteiger partial charge on any atom is 0.257 e. The lowest BCUT2D eigenvalue weighted by Gasteiger charge is -2.06. The highest BCUT2D eigenvalue weighted by Gasteiger charge is 2.11. The Morgan fingerprint density at radius 2 is 2.29 bits per heavy atom. The van der Waals surface area contributed by atoms with Gasteiger partial charge in [0.25, 0.3) is 5.91 Å². The minimum atomic E-state index is -0.198. The van der Waals surface area contributed by atoms with E-state index in [-0.39, 0.29) is 12.5 Å². The number of aromatic nitrogens is 2. The van der Waals surface area contributed by atoms with Crippen LogP contribution in [0.1, 0.15) is 28.4 Å². The summed E-state index contributed by atoms with van der Waals surface area (Å²) in [6.45, 7) is 4.94.